The van der Waals surface area contributed by atoms with E-state index in [1.54, 1.807) is 28.7 Å². The maximum atomic E-state index is 13.2. The molecule has 196 valence electrons. The van der Waals surface area contributed by atoms with Gasteiger partial charge in [-0.2, -0.15) is 4.31 Å². The number of thiophene rings is 1. The van der Waals surface area contributed by atoms with Crippen molar-refractivity contribution in [1.82, 2.24) is 29.2 Å². The first-order chi connectivity index (χ1) is 17.9. The van der Waals surface area contributed by atoms with Crippen molar-refractivity contribution in [2.24, 2.45) is 0 Å². The number of sulfonamides is 1. The number of anilines is 1. The summed E-state index contributed by atoms with van der Waals surface area (Å²) in [5.74, 6) is 2.15. The van der Waals surface area contributed by atoms with E-state index < -0.39 is 10.0 Å². The molecule has 0 spiro atoms. The molecule has 0 saturated carbocycles. The molecule has 0 radical (unpaired) electrons. The van der Waals surface area contributed by atoms with Gasteiger partial charge in [0.1, 0.15) is 15.9 Å². The Kier molecular flexibility index (Phi) is 7.81. The quantitative estimate of drug-likeness (QED) is 0.303. The number of nitrogens with zero attached hydrogens (tertiary/aromatic N) is 6. The summed E-state index contributed by atoms with van der Waals surface area (Å²) in [6.07, 6.45) is 2.56. The zero-order chi connectivity index (χ0) is 25.8. The Morgan fingerprint density at radius 3 is 2.62 bits per heavy atom. The zero-order valence-electron chi connectivity index (χ0n) is 21.0. The van der Waals surface area contributed by atoms with Crippen LogP contribution in [0.4, 0.5) is 5.82 Å². The van der Waals surface area contributed by atoms with Gasteiger partial charge in [0, 0.05) is 44.2 Å². The van der Waals surface area contributed by atoms with Crippen molar-refractivity contribution in [3.8, 4) is 10.6 Å². The van der Waals surface area contributed by atoms with Crippen LogP contribution in [0, 0.1) is 0 Å². The molecule has 37 heavy (non-hydrogen) atoms. The topological polar surface area (TPSA) is 108 Å². The van der Waals surface area contributed by atoms with Crippen LogP contribution in [-0.4, -0.2) is 91.0 Å². The van der Waals surface area contributed by atoms with E-state index in [-0.39, 0.29) is 0 Å². The maximum absolute atomic E-state index is 13.2. The van der Waals surface area contributed by atoms with Crippen LogP contribution in [0.3, 0.4) is 0 Å². The summed E-state index contributed by atoms with van der Waals surface area (Å²) in [5.41, 5.74) is 0.907. The molecule has 0 aliphatic carbocycles. The van der Waals surface area contributed by atoms with Crippen LogP contribution < -0.4 is 5.32 Å². The fraction of sp³-hybridized carbons (Fsp3) is 0.400. The number of aromatic nitrogens is 3. The van der Waals surface area contributed by atoms with E-state index in [2.05, 4.69) is 34.4 Å². The monoisotopic (exact) mass is 541 g/mol. The minimum absolute atomic E-state index is 0.315. The minimum Gasteiger partial charge on any atom is -0.369 e. The molecule has 4 heterocycles. The van der Waals surface area contributed by atoms with Gasteiger partial charge in [-0.1, -0.05) is 17.3 Å². The number of benzene rings is 1. The van der Waals surface area contributed by atoms with Gasteiger partial charge < -0.3 is 14.7 Å². The molecule has 1 aliphatic heterocycles. The Bertz CT molecular complexity index is 1430. The highest BCUT2D eigenvalue weighted by Crippen LogP contribution is 2.32. The SMILES string of the molecule is CN(C)CCCNc1nc(CN2CCN(S(=O)(=O)c3ccc(-c4ccno4)s3)CC2)nc2ccccc12. The van der Waals surface area contributed by atoms with Gasteiger partial charge in [-0.25, -0.2) is 18.4 Å². The van der Waals surface area contributed by atoms with Gasteiger partial charge >= 0.3 is 0 Å². The summed E-state index contributed by atoms with van der Waals surface area (Å²) in [6.45, 7) is 4.46. The van der Waals surface area contributed by atoms with Crippen LogP contribution in [-0.2, 0) is 16.6 Å². The summed E-state index contributed by atoms with van der Waals surface area (Å²) in [4.78, 5) is 14.7. The van der Waals surface area contributed by atoms with Gasteiger partial charge in [0.2, 0.25) is 0 Å². The predicted octanol–water partition coefficient (Wildman–Crippen LogP) is 3.22. The van der Waals surface area contributed by atoms with Crippen LogP contribution in [0.2, 0.25) is 0 Å². The van der Waals surface area contributed by atoms with Gasteiger partial charge in [0.15, 0.2) is 5.76 Å². The fourth-order valence-electron chi connectivity index (χ4n) is 4.32. The number of para-hydroxylation sites is 1. The molecule has 0 atom stereocenters. The first kappa shape index (κ1) is 25.7. The molecule has 0 unspecified atom stereocenters. The zero-order valence-corrected chi connectivity index (χ0v) is 22.6. The molecule has 1 fully saturated rings. The van der Waals surface area contributed by atoms with E-state index in [9.17, 15) is 8.42 Å². The molecule has 1 aromatic carbocycles. The van der Waals surface area contributed by atoms with Crippen LogP contribution in [0.15, 0.2) is 57.4 Å². The molecule has 1 aliphatic rings. The highest BCUT2D eigenvalue weighted by atomic mass is 32.2. The third-order valence-electron chi connectivity index (χ3n) is 6.28. The lowest BCUT2D eigenvalue weighted by atomic mass is 10.2. The third-order valence-corrected chi connectivity index (χ3v) is 9.74. The second-order valence-electron chi connectivity index (χ2n) is 9.26. The van der Waals surface area contributed by atoms with Crippen molar-refractivity contribution in [2.45, 2.75) is 17.2 Å². The third kappa shape index (κ3) is 5.99. The molecule has 4 aromatic rings. The molecular weight excluding hydrogens is 510 g/mol. The Labute approximate surface area is 221 Å². The van der Waals surface area contributed by atoms with Gasteiger partial charge in [0.25, 0.3) is 10.0 Å². The van der Waals surface area contributed by atoms with Crippen molar-refractivity contribution in [3.05, 3.63) is 54.5 Å². The molecule has 10 nitrogen and oxygen atoms in total. The smallest absolute Gasteiger partial charge is 0.252 e. The van der Waals surface area contributed by atoms with E-state index in [0.717, 1.165) is 46.9 Å². The Morgan fingerprint density at radius 2 is 1.86 bits per heavy atom. The van der Waals surface area contributed by atoms with Crippen molar-refractivity contribution in [3.63, 3.8) is 0 Å². The van der Waals surface area contributed by atoms with Crippen LogP contribution in [0.1, 0.15) is 12.2 Å². The van der Waals surface area contributed by atoms with Gasteiger partial charge in [-0.05, 0) is 51.3 Å². The molecule has 0 amide bonds. The highest BCUT2D eigenvalue weighted by Gasteiger charge is 2.30. The van der Waals surface area contributed by atoms with Crippen molar-refractivity contribution in [1.29, 1.82) is 0 Å². The van der Waals surface area contributed by atoms with E-state index >= 15 is 0 Å². The van der Waals surface area contributed by atoms with Crippen molar-refractivity contribution in [2.75, 3.05) is 58.7 Å². The van der Waals surface area contributed by atoms with Crippen LogP contribution >= 0.6 is 11.3 Å². The van der Waals surface area contributed by atoms with Crippen LogP contribution in [0.25, 0.3) is 21.5 Å². The fourth-order valence-corrected chi connectivity index (χ4v) is 7.16. The molecule has 12 heteroatoms. The van der Waals surface area contributed by atoms with Crippen LogP contribution in [0.5, 0.6) is 0 Å². The number of fused-ring (bicyclic) bond motifs is 1. The lowest BCUT2D eigenvalue weighted by Crippen LogP contribution is -2.48. The summed E-state index contributed by atoms with van der Waals surface area (Å²) >= 11 is 1.20. The predicted molar refractivity (Wildman–Crippen MR) is 145 cm³/mol. The van der Waals surface area contributed by atoms with Crippen molar-refractivity contribution < 1.29 is 12.9 Å². The average Bonchev–Trinajstić information content (AvgIpc) is 3.59. The minimum atomic E-state index is -3.56. The standard InChI is InChI=1S/C25H31N7O3S2/c1-30(2)13-5-11-26-25-19-6-3-4-7-20(19)28-23(29-25)18-31-14-16-32(17-15-31)37(33,34)24-9-8-22(36-24)21-10-12-27-35-21/h3-4,6-10,12H,5,11,13-18H2,1-2H3,(H,26,28,29). The first-order valence-electron chi connectivity index (χ1n) is 12.3. The number of hydrogen-bond donors (Lipinski definition) is 1. The number of nitrogens with one attached hydrogen (secondary N) is 1. The molecule has 0 bridgehead atoms. The molecule has 5 rings (SSSR count). The van der Waals surface area contributed by atoms with E-state index in [4.69, 9.17) is 14.5 Å². The van der Waals surface area contributed by atoms with Gasteiger partial charge in [-0.15, -0.1) is 11.3 Å². The lowest BCUT2D eigenvalue weighted by Gasteiger charge is -2.33. The molecular formula is C25H31N7O3S2. The Morgan fingerprint density at radius 1 is 1.05 bits per heavy atom. The summed E-state index contributed by atoms with van der Waals surface area (Å²) in [5, 5.41) is 8.19. The number of rotatable bonds is 10. The van der Waals surface area contributed by atoms with Gasteiger partial charge in [0.05, 0.1) is 23.1 Å². The highest BCUT2D eigenvalue weighted by molar-refractivity contribution is 7.91. The van der Waals surface area contributed by atoms with E-state index in [0.29, 0.717) is 42.7 Å². The van der Waals surface area contributed by atoms with Gasteiger partial charge in [-0.3, -0.25) is 4.90 Å². The summed E-state index contributed by atoms with van der Waals surface area (Å²) in [6, 6.07) is 13.1. The molecule has 3 aromatic heterocycles. The average molecular weight is 542 g/mol. The lowest BCUT2D eigenvalue weighted by molar-refractivity contribution is 0.178. The molecule has 1 N–H and O–H groups in total. The Balaban J connectivity index is 1.23. The largest absolute Gasteiger partial charge is 0.369 e. The number of piperazine rings is 1. The molecule has 1 saturated heterocycles. The summed E-state index contributed by atoms with van der Waals surface area (Å²) in [7, 11) is 0.573. The second kappa shape index (κ2) is 11.2. The first-order valence-corrected chi connectivity index (χ1v) is 14.5. The summed E-state index contributed by atoms with van der Waals surface area (Å²) < 4.78 is 33.5. The normalized spacial score (nSPS) is 15.5. The number of hydrogen-bond acceptors (Lipinski definition) is 10. The maximum Gasteiger partial charge on any atom is 0.252 e. The van der Waals surface area contributed by atoms with E-state index in [1.807, 2.05) is 24.3 Å². The van der Waals surface area contributed by atoms with Crippen molar-refractivity contribution >= 4 is 38.1 Å². The Hall–Kier alpha value is -2.90. The van der Waals surface area contributed by atoms with E-state index in [1.165, 1.54) is 11.3 Å². The second-order valence-corrected chi connectivity index (χ2v) is 12.5.